The molecule has 0 bridgehead atoms. The van der Waals surface area contributed by atoms with Crippen molar-refractivity contribution >= 4 is 55.1 Å². The van der Waals surface area contributed by atoms with Gasteiger partial charge in [0.1, 0.15) is 0 Å². The molecule has 0 N–H and O–H groups in total. The largest absolute Gasteiger partial charge is 0.125 e. The van der Waals surface area contributed by atoms with Gasteiger partial charge in [-0.3, -0.25) is 0 Å². The summed E-state index contributed by atoms with van der Waals surface area (Å²) in [5.74, 6) is 0.545. The van der Waals surface area contributed by atoms with E-state index in [1.807, 2.05) is 0 Å². The van der Waals surface area contributed by atoms with Crippen LogP contribution in [0.2, 0.25) is 0 Å². The van der Waals surface area contributed by atoms with Crippen LogP contribution < -0.4 is 0 Å². The van der Waals surface area contributed by atoms with Crippen LogP contribution in [0.1, 0.15) is 12.8 Å². The molecule has 2 atom stereocenters. The molecule has 2 unspecified atom stereocenters. The van der Waals surface area contributed by atoms with E-state index in [1.54, 1.807) is 0 Å². The topological polar surface area (TPSA) is 0 Å². The Bertz CT molecular complexity index is 70.1. The van der Waals surface area contributed by atoms with Crippen LogP contribution in [0.25, 0.3) is 0 Å². The molecule has 0 heterocycles. The Kier molecular flexibility index (Phi) is 8.31. The highest BCUT2D eigenvalue weighted by atomic mass is 79.9. The van der Waals surface area contributed by atoms with Crippen molar-refractivity contribution < 1.29 is 0 Å². The van der Waals surface area contributed by atoms with Gasteiger partial charge in [0, 0.05) is 21.4 Å². The first-order valence-electron chi connectivity index (χ1n) is 3.10. The van der Waals surface area contributed by atoms with E-state index in [2.05, 4.69) is 31.9 Å². The number of hydrogen-bond donors (Lipinski definition) is 0. The Morgan fingerprint density at radius 2 is 1.90 bits per heavy atom. The molecule has 0 fully saturated rings. The number of rotatable bonds is 5. The van der Waals surface area contributed by atoms with E-state index in [-0.39, 0.29) is 5.38 Å². The summed E-state index contributed by atoms with van der Waals surface area (Å²) in [5.41, 5.74) is 0. The molecule has 0 amide bonds. The summed E-state index contributed by atoms with van der Waals surface area (Å²) in [6, 6.07) is 0. The average molecular weight is 313 g/mol. The van der Waals surface area contributed by atoms with Crippen LogP contribution in [-0.4, -0.2) is 21.4 Å². The zero-order valence-electron chi connectivity index (χ0n) is 5.49. The molecule has 0 aliphatic carbocycles. The molecular formula is C6H10Br2Cl2. The van der Waals surface area contributed by atoms with E-state index in [0.29, 0.717) is 10.7 Å². The van der Waals surface area contributed by atoms with Crippen molar-refractivity contribution in [3.63, 3.8) is 0 Å². The number of halogens is 4. The van der Waals surface area contributed by atoms with E-state index in [0.717, 1.165) is 18.2 Å². The summed E-state index contributed by atoms with van der Waals surface area (Å²) >= 11 is 18.2. The van der Waals surface area contributed by atoms with Crippen LogP contribution in [-0.2, 0) is 0 Å². The average Bonchev–Trinajstić information content (AvgIpc) is 1.99. The maximum Gasteiger partial charge on any atom is 0.0471 e. The van der Waals surface area contributed by atoms with E-state index in [9.17, 15) is 0 Å². The van der Waals surface area contributed by atoms with Gasteiger partial charge in [-0.05, 0) is 12.8 Å². The lowest BCUT2D eigenvalue weighted by molar-refractivity contribution is 0.734. The van der Waals surface area contributed by atoms with Crippen LogP contribution in [0.5, 0.6) is 0 Å². The normalized spacial score (nSPS) is 16.8. The second kappa shape index (κ2) is 7.20. The molecule has 10 heavy (non-hydrogen) atoms. The number of alkyl halides is 4. The van der Waals surface area contributed by atoms with Gasteiger partial charge in [-0.2, -0.15) is 0 Å². The highest BCUT2D eigenvalue weighted by Crippen LogP contribution is 2.15. The molecule has 0 aromatic rings. The molecule has 0 spiro atoms. The fraction of sp³-hybridized carbons (Fsp3) is 1.00. The van der Waals surface area contributed by atoms with Gasteiger partial charge in [0.25, 0.3) is 0 Å². The molecule has 0 saturated heterocycles. The Balaban J connectivity index is 3.17. The van der Waals surface area contributed by atoms with Crippen molar-refractivity contribution in [2.24, 2.45) is 0 Å². The third kappa shape index (κ3) is 6.26. The predicted molar refractivity (Wildman–Crippen MR) is 56.1 cm³/mol. The minimum Gasteiger partial charge on any atom is -0.125 e. The van der Waals surface area contributed by atoms with Gasteiger partial charge in [-0.1, -0.05) is 31.9 Å². The van der Waals surface area contributed by atoms with E-state index in [4.69, 9.17) is 23.2 Å². The Labute approximate surface area is 88.9 Å². The van der Waals surface area contributed by atoms with E-state index in [1.165, 1.54) is 0 Å². The molecule has 4 heteroatoms. The lowest BCUT2D eigenvalue weighted by Gasteiger charge is -2.07. The third-order valence-corrected chi connectivity index (χ3v) is 4.46. The van der Waals surface area contributed by atoms with Crippen molar-refractivity contribution in [2.45, 2.75) is 23.0 Å². The lowest BCUT2D eigenvalue weighted by atomic mass is 10.2. The molecule has 0 aromatic heterocycles. The Morgan fingerprint density at radius 3 is 2.30 bits per heavy atom. The zero-order valence-corrected chi connectivity index (χ0v) is 10.2. The van der Waals surface area contributed by atoms with Gasteiger partial charge in [0.05, 0.1) is 0 Å². The molecule has 0 aliphatic rings. The van der Waals surface area contributed by atoms with Gasteiger partial charge in [0.15, 0.2) is 0 Å². The quantitative estimate of drug-likeness (QED) is 0.678. The summed E-state index contributed by atoms with van der Waals surface area (Å²) in [4.78, 5) is 0.525. The first kappa shape index (κ1) is 11.5. The van der Waals surface area contributed by atoms with E-state index >= 15 is 0 Å². The van der Waals surface area contributed by atoms with Crippen molar-refractivity contribution in [1.82, 2.24) is 0 Å². The van der Waals surface area contributed by atoms with Crippen LogP contribution in [0.3, 0.4) is 0 Å². The van der Waals surface area contributed by atoms with Crippen LogP contribution in [0.15, 0.2) is 0 Å². The molecule has 0 radical (unpaired) electrons. The van der Waals surface area contributed by atoms with Crippen LogP contribution in [0, 0.1) is 0 Å². The van der Waals surface area contributed by atoms with Gasteiger partial charge in [-0.15, -0.1) is 23.2 Å². The summed E-state index contributed by atoms with van der Waals surface area (Å²) in [7, 11) is 0. The highest BCUT2D eigenvalue weighted by Gasteiger charge is 2.06. The smallest absolute Gasteiger partial charge is 0.0471 e. The van der Waals surface area contributed by atoms with Crippen molar-refractivity contribution in [3.8, 4) is 0 Å². The lowest BCUT2D eigenvalue weighted by Crippen LogP contribution is -2.06. The third-order valence-electron chi connectivity index (χ3n) is 1.13. The molecule has 0 saturated carbocycles. The van der Waals surface area contributed by atoms with Gasteiger partial charge < -0.3 is 0 Å². The fourth-order valence-electron chi connectivity index (χ4n) is 0.516. The molecule has 62 valence electrons. The summed E-state index contributed by atoms with van der Waals surface area (Å²) in [6.07, 6.45) is 2.05. The molecule has 0 nitrogen and oxygen atoms in total. The first-order chi connectivity index (χ1) is 4.70. The fourth-order valence-corrected chi connectivity index (χ4v) is 1.38. The van der Waals surface area contributed by atoms with Crippen molar-refractivity contribution in [3.05, 3.63) is 0 Å². The first-order valence-corrected chi connectivity index (χ1v) is 6.11. The highest BCUT2D eigenvalue weighted by molar-refractivity contribution is 9.12. The van der Waals surface area contributed by atoms with Crippen LogP contribution >= 0.6 is 55.1 Å². The second-order valence-corrected chi connectivity index (χ2v) is 4.95. The van der Waals surface area contributed by atoms with Crippen molar-refractivity contribution in [1.29, 1.82) is 0 Å². The summed E-state index contributed by atoms with van der Waals surface area (Å²) < 4.78 is 0. The molecular weight excluding hydrogens is 303 g/mol. The Morgan fingerprint density at radius 1 is 1.30 bits per heavy atom. The summed E-state index contributed by atoms with van der Waals surface area (Å²) in [6.45, 7) is 0. The van der Waals surface area contributed by atoms with Gasteiger partial charge in [0.2, 0.25) is 0 Å². The van der Waals surface area contributed by atoms with Gasteiger partial charge in [-0.25, -0.2) is 0 Å². The van der Waals surface area contributed by atoms with Crippen LogP contribution in [0.4, 0.5) is 0 Å². The maximum absolute atomic E-state index is 5.80. The summed E-state index contributed by atoms with van der Waals surface area (Å²) in [5, 5.41) is 1.10. The Hall–Kier alpha value is 1.54. The van der Waals surface area contributed by atoms with Crippen molar-refractivity contribution in [2.75, 3.05) is 11.2 Å². The number of hydrogen-bond acceptors (Lipinski definition) is 0. The maximum atomic E-state index is 5.80. The van der Waals surface area contributed by atoms with E-state index < -0.39 is 0 Å². The predicted octanol–water partition coefficient (Wildman–Crippen LogP) is 3.77. The molecule has 0 aliphatic heterocycles. The van der Waals surface area contributed by atoms with Gasteiger partial charge >= 0.3 is 0 Å². The standard InChI is InChI=1S/C6H10Br2Cl2/c7-3-5(8)1-2-6(10)4-9/h5-6H,1-4H2. The molecule has 0 rings (SSSR count). The second-order valence-electron chi connectivity index (χ2n) is 2.08. The minimum atomic E-state index is 0.126. The minimum absolute atomic E-state index is 0.126. The zero-order chi connectivity index (χ0) is 7.98. The molecule has 0 aromatic carbocycles. The SMILES string of the molecule is ClCC(Cl)CCC(Br)CBr. The monoisotopic (exact) mass is 310 g/mol.